The van der Waals surface area contributed by atoms with Crippen LogP contribution in [0.25, 0.3) is 11.3 Å². The number of benzene rings is 2. The van der Waals surface area contributed by atoms with Gasteiger partial charge in [-0.1, -0.05) is 36.4 Å². The molecule has 0 saturated heterocycles. The molecule has 0 bridgehead atoms. The molecule has 1 aromatic heterocycles. The van der Waals surface area contributed by atoms with E-state index in [-0.39, 0.29) is 0 Å². The Morgan fingerprint density at radius 1 is 1.00 bits per heavy atom. The molecule has 4 nitrogen and oxygen atoms in total. The van der Waals surface area contributed by atoms with Crippen molar-refractivity contribution in [1.82, 2.24) is 4.98 Å². The Labute approximate surface area is 139 Å². The van der Waals surface area contributed by atoms with Crippen molar-refractivity contribution in [2.45, 2.75) is 0 Å². The quantitative estimate of drug-likeness (QED) is 0.645. The Morgan fingerprint density at radius 2 is 1.83 bits per heavy atom. The first kappa shape index (κ1) is 15.2. The number of hydrogen-bond acceptors (Lipinski definition) is 5. The second-order valence-electron chi connectivity index (χ2n) is 4.72. The summed E-state index contributed by atoms with van der Waals surface area (Å²) in [6.07, 6.45) is 1.74. The van der Waals surface area contributed by atoms with E-state index in [9.17, 15) is 0 Å². The highest BCUT2D eigenvalue weighted by Gasteiger charge is 2.08. The van der Waals surface area contributed by atoms with Crippen LogP contribution in [0, 0.1) is 0 Å². The highest BCUT2D eigenvalue weighted by molar-refractivity contribution is 7.13. The van der Waals surface area contributed by atoms with E-state index in [4.69, 9.17) is 9.47 Å². The van der Waals surface area contributed by atoms with Gasteiger partial charge < -0.3 is 9.47 Å². The summed E-state index contributed by atoms with van der Waals surface area (Å²) >= 11 is 1.51. The SMILES string of the molecule is COc1cccc(C=Nc2nc(-c3ccccc3)cs2)c1OC. The molecule has 0 radical (unpaired) electrons. The number of nitrogens with zero attached hydrogens (tertiary/aromatic N) is 2. The van der Waals surface area contributed by atoms with Gasteiger partial charge in [-0.15, -0.1) is 11.3 Å². The first-order chi connectivity index (χ1) is 11.3. The molecule has 0 amide bonds. The lowest BCUT2D eigenvalue weighted by atomic mass is 10.2. The van der Waals surface area contributed by atoms with E-state index in [0.717, 1.165) is 16.8 Å². The normalized spacial score (nSPS) is 10.9. The lowest BCUT2D eigenvalue weighted by Gasteiger charge is -2.09. The van der Waals surface area contributed by atoms with E-state index in [0.29, 0.717) is 16.6 Å². The van der Waals surface area contributed by atoms with Gasteiger partial charge in [0.1, 0.15) is 0 Å². The number of aliphatic imine (C=N–C) groups is 1. The Kier molecular flexibility index (Phi) is 4.68. The third-order valence-corrected chi connectivity index (χ3v) is 4.06. The minimum atomic E-state index is 0.665. The van der Waals surface area contributed by atoms with Gasteiger partial charge in [0.15, 0.2) is 11.5 Å². The Morgan fingerprint density at radius 3 is 2.57 bits per heavy atom. The minimum Gasteiger partial charge on any atom is -0.493 e. The van der Waals surface area contributed by atoms with Gasteiger partial charge in [0.2, 0.25) is 5.13 Å². The zero-order valence-electron chi connectivity index (χ0n) is 12.9. The lowest BCUT2D eigenvalue weighted by Crippen LogP contribution is -1.94. The second kappa shape index (κ2) is 7.07. The minimum absolute atomic E-state index is 0.665. The number of aromatic nitrogens is 1. The predicted octanol–water partition coefficient (Wildman–Crippen LogP) is 4.58. The fraction of sp³-hybridized carbons (Fsp3) is 0.111. The molecule has 23 heavy (non-hydrogen) atoms. The number of ether oxygens (including phenoxy) is 2. The van der Waals surface area contributed by atoms with Crippen LogP contribution in [0.1, 0.15) is 5.56 Å². The van der Waals surface area contributed by atoms with Crippen LogP contribution in [0.3, 0.4) is 0 Å². The van der Waals surface area contributed by atoms with E-state index in [1.807, 2.05) is 53.9 Å². The molecule has 0 spiro atoms. The van der Waals surface area contributed by atoms with Crippen molar-refractivity contribution < 1.29 is 9.47 Å². The maximum atomic E-state index is 5.40. The summed E-state index contributed by atoms with van der Waals surface area (Å²) in [4.78, 5) is 9.00. The van der Waals surface area contributed by atoms with Crippen LogP contribution in [0.15, 0.2) is 58.9 Å². The average molecular weight is 324 g/mol. The van der Waals surface area contributed by atoms with Crippen LogP contribution in [-0.4, -0.2) is 25.4 Å². The standard InChI is InChI=1S/C18H16N2O2S/c1-21-16-10-6-9-14(17(16)22-2)11-19-18-20-15(12-23-18)13-7-4-3-5-8-13/h3-12H,1-2H3. The smallest absolute Gasteiger partial charge is 0.209 e. The van der Waals surface area contributed by atoms with Crippen LogP contribution in [0.5, 0.6) is 11.5 Å². The summed E-state index contributed by atoms with van der Waals surface area (Å²) in [5.41, 5.74) is 2.87. The van der Waals surface area contributed by atoms with Crippen molar-refractivity contribution in [2.24, 2.45) is 4.99 Å². The topological polar surface area (TPSA) is 43.7 Å². The maximum Gasteiger partial charge on any atom is 0.209 e. The van der Waals surface area contributed by atoms with Crippen molar-refractivity contribution in [3.63, 3.8) is 0 Å². The van der Waals surface area contributed by atoms with E-state index in [2.05, 4.69) is 9.98 Å². The first-order valence-electron chi connectivity index (χ1n) is 7.08. The largest absolute Gasteiger partial charge is 0.493 e. The summed E-state index contributed by atoms with van der Waals surface area (Å²) in [5.74, 6) is 1.35. The molecular formula is C18H16N2O2S. The molecule has 0 aliphatic carbocycles. The third kappa shape index (κ3) is 3.40. The van der Waals surface area contributed by atoms with Crippen LogP contribution < -0.4 is 9.47 Å². The van der Waals surface area contributed by atoms with Crippen molar-refractivity contribution >= 4 is 22.7 Å². The molecule has 0 unspecified atom stereocenters. The molecule has 0 atom stereocenters. The van der Waals surface area contributed by atoms with Gasteiger partial charge in [-0.05, 0) is 12.1 Å². The number of rotatable bonds is 5. The van der Waals surface area contributed by atoms with Crippen LogP contribution >= 0.6 is 11.3 Å². The van der Waals surface area contributed by atoms with Crippen LogP contribution in [-0.2, 0) is 0 Å². The molecule has 0 N–H and O–H groups in total. The van der Waals surface area contributed by atoms with Crippen molar-refractivity contribution in [2.75, 3.05) is 14.2 Å². The molecule has 3 rings (SSSR count). The number of hydrogen-bond donors (Lipinski definition) is 0. The van der Waals surface area contributed by atoms with Crippen LogP contribution in [0.4, 0.5) is 5.13 Å². The first-order valence-corrected chi connectivity index (χ1v) is 7.96. The summed E-state index contributed by atoms with van der Waals surface area (Å²) in [6, 6.07) is 15.7. The molecule has 5 heteroatoms. The monoisotopic (exact) mass is 324 g/mol. The average Bonchev–Trinajstić information content (AvgIpc) is 3.09. The summed E-state index contributed by atoms with van der Waals surface area (Å²) < 4.78 is 10.7. The molecule has 0 aliphatic heterocycles. The molecule has 0 fully saturated rings. The Balaban J connectivity index is 1.86. The number of para-hydroxylation sites is 1. The van der Waals surface area contributed by atoms with Gasteiger partial charge in [-0.25, -0.2) is 9.98 Å². The van der Waals surface area contributed by atoms with E-state index in [1.54, 1.807) is 20.4 Å². The Hall–Kier alpha value is -2.66. The zero-order valence-corrected chi connectivity index (χ0v) is 13.7. The number of thiazole rings is 1. The lowest BCUT2D eigenvalue weighted by molar-refractivity contribution is 0.354. The Bertz CT molecular complexity index is 813. The fourth-order valence-electron chi connectivity index (χ4n) is 2.20. The van der Waals surface area contributed by atoms with Gasteiger partial charge >= 0.3 is 0 Å². The second-order valence-corrected chi connectivity index (χ2v) is 5.56. The number of methoxy groups -OCH3 is 2. The predicted molar refractivity (Wildman–Crippen MR) is 94.4 cm³/mol. The summed E-state index contributed by atoms with van der Waals surface area (Å²) in [6.45, 7) is 0. The fourth-order valence-corrected chi connectivity index (χ4v) is 2.87. The summed E-state index contributed by atoms with van der Waals surface area (Å²) in [7, 11) is 3.23. The van der Waals surface area contributed by atoms with Gasteiger partial charge in [-0.3, -0.25) is 0 Å². The van der Waals surface area contributed by atoms with Gasteiger partial charge in [-0.2, -0.15) is 0 Å². The summed E-state index contributed by atoms with van der Waals surface area (Å²) in [5, 5.41) is 2.71. The van der Waals surface area contributed by atoms with E-state index in [1.165, 1.54) is 11.3 Å². The van der Waals surface area contributed by atoms with Crippen molar-refractivity contribution in [3.8, 4) is 22.8 Å². The molecule has 2 aromatic carbocycles. The van der Waals surface area contributed by atoms with E-state index >= 15 is 0 Å². The van der Waals surface area contributed by atoms with Gasteiger partial charge in [0.25, 0.3) is 0 Å². The molecule has 3 aromatic rings. The molecule has 1 heterocycles. The molecule has 0 aliphatic rings. The van der Waals surface area contributed by atoms with Crippen molar-refractivity contribution in [1.29, 1.82) is 0 Å². The van der Waals surface area contributed by atoms with Gasteiger partial charge in [0, 0.05) is 22.7 Å². The van der Waals surface area contributed by atoms with E-state index < -0.39 is 0 Å². The highest BCUT2D eigenvalue weighted by atomic mass is 32.1. The maximum absolute atomic E-state index is 5.40. The highest BCUT2D eigenvalue weighted by Crippen LogP contribution is 2.31. The van der Waals surface area contributed by atoms with Crippen molar-refractivity contribution in [3.05, 3.63) is 59.5 Å². The molecule has 0 saturated carbocycles. The third-order valence-electron chi connectivity index (χ3n) is 3.31. The van der Waals surface area contributed by atoms with Crippen LogP contribution in [0.2, 0.25) is 0 Å². The van der Waals surface area contributed by atoms with Gasteiger partial charge in [0.05, 0.1) is 19.9 Å². The zero-order chi connectivity index (χ0) is 16.1. The molecular weight excluding hydrogens is 308 g/mol. The molecule has 116 valence electrons.